The van der Waals surface area contributed by atoms with E-state index >= 15 is 0 Å². The summed E-state index contributed by atoms with van der Waals surface area (Å²) in [5.74, 6) is -0.172. The van der Waals surface area contributed by atoms with Gasteiger partial charge in [-0.15, -0.1) is 0 Å². The fraction of sp³-hybridized carbons (Fsp3) is 0. The average molecular weight is 181 g/mol. The molecule has 2 nitrogen and oxygen atoms in total. The van der Waals surface area contributed by atoms with Gasteiger partial charge in [-0.1, -0.05) is 24.3 Å². The molecule has 0 saturated heterocycles. The monoisotopic (exact) mass is 181 g/mol. The summed E-state index contributed by atoms with van der Waals surface area (Å²) in [6, 6.07) is 7.96. The largest absolute Gasteiger partial charge is 0.270 e. The van der Waals surface area contributed by atoms with Gasteiger partial charge >= 0.3 is 0 Å². The van der Waals surface area contributed by atoms with Crippen LogP contribution >= 0.6 is 0 Å². The second-order valence-corrected chi connectivity index (χ2v) is 3.32. The molecule has 1 aliphatic carbocycles. The molecule has 1 aromatic carbocycles. The van der Waals surface area contributed by atoms with E-state index in [1.807, 2.05) is 30.3 Å². The summed E-state index contributed by atoms with van der Waals surface area (Å²) in [4.78, 5) is 15.1. The highest BCUT2D eigenvalue weighted by Gasteiger charge is 2.21. The Kier molecular flexibility index (Phi) is 1.34. The molecule has 1 aliphatic heterocycles. The Bertz CT molecular complexity index is 521. The van der Waals surface area contributed by atoms with Crippen LogP contribution in [0.5, 0.6) is 0 Å². The first-order valence-corrected chi connectivity index (χ1v) is 4.47. The van der Waals surface area contributed by atoms with Gasteiger partial charge in [0.05, 0.1) is 5.71 Å². The Hall–Kier alpha value is -1.96. The molecule has 0 bridgehead atoms. The first-order valence-electron chi connectivity index (χ1n) is 4.47. The van der Waals surface area contributed by atoms with E-state index < -0.39 is 0 Å². The van der Waals surface area contributed by atoms with E-state index in [4.69, 9.17) is 0 Å². The van der Waals surface area contributed by atoms with E-state index in [-0.39, 0.29) is 5.91 Å². The highest BCUT2D eigenvalue weighted by atomic mass is 16.1. The standard InChI is InChI=1S/C12H7NO/c14-11-6-5-9-7-8-3-1-2-4-10(8)12(9)13-11/h1-7H. The molecule has 1 aromatic rings. The van der Waals surface area contributed by atoms with Gasteiger partial charge in [-0.3, -0.25) is 4.79 Å². The fourth-order valence-corrected chi connectivity index (χ4v) is 1.79. The molecule has 0 saturated carbocycles. The van der Waals surface area contributed by atoms with Crippen LogP contribution < -0.4 is 0 Å². The van der Waals surface area contributed by atoms with E-state index in [0.717, 1.165) is 22.4 Å². The van der Waals surface area contributed by atoms with Crippen molar-refractivity contribution in [3.05, 3.63) is 53.1 Å². The van der Waals surface area contributed by atoms with E-state index in [1.54, 1.807) is 0 Å². The van der Waals surface area contributed by atoms with Crippen LogP contribution in [0.1, 0.15) is 11.1 Å². The first-order chi connectivity index (χ1) is 6.84. The lowest BCUT2D eigenvalue weighted by molar-refractivity contribution is -0.113. The lowest BCUT2D eigenvalue weighted by Gasteiger charge is -2.04. The van der Waals surface area contributed by atoms with Gasteiger partial charge < -0.3 is 0 Å². The van der Waals surface area contributed by atoms with Gasteiger partial charge in [0.25, 0.3) is 5.91 Å². The van der Waals surface area contributed by atoms with Gasteiger partial charge in [-0.2, -0.15) is 0 Å². The van der Waals surface area contributed by atoms with Crippen molar-refractivity contribution in [3.63, 3.8) is 0 Å². The zero-order chi connectivity index (χ0) is 9.54. The first kappa shape index (κ1) is 7.44. The van der Waals surface area contributed by atoms with Gasteiger partial charge in [0.1, 0.15) is 0 Å². The number of hydrogen-bond acceptors (Lipinski definition) is 1. The Morgan fingerprint density at radius 3 is 2.86 bits per heavy atom. The third-order valence-corrected chi connectivity index (χ3v) is 2.43. The van der Waals surface area contributed by atoms with Crippen LogP contribution in [0.2, 0.25) is 0 Å². The molecule has 0 N–H and O–H groups in total. The van der Waals surface area contributed by atoms with Crippen LogP contribution in [0.4, 0.5) is 0 Å². The highest BCUT2D eigenvalue weighted by molar-refractivity contribution is 6.27. The predicted octanol–water partition coefficient (Wildman–Crippen LogP) is 1.97. The quantitative estimate of drug-likeness (QED) is 0.601. The molecule has 0 fully saturated rings. The molecule has 3 rings (SSSR count). The number of amides is 1. The number of nitrogens with zero attached hydrogens (tertiary/aromatic N) is 1. The molecular weight excluding hydrogens is 174 g/mol. The molecule has 1 heterocycles. The number of aliphatic imine (C=N–C) groups is 1. The highest BCUT2D eigenvalue weighted by Crippen LogP contribution is 2.27. The minimum atomic E-state index is -0.172. The molecule has 1 amide bonds. The smallest absolute Gasteiger partial charge is 0.267 e. The number of dihydropyridines is 1. The molecule has 2 aliphatic rings. The van der Waals surface area contributed by atoms with Crippen LogP contribution in [0.25, 0.3) is 6.08 Å². The van der Waals surface area contributed by atoms with E-state index in [2.05, 4.69) is 11.1 Å². The number of fused-ring (bicyclic) bond motifs is 3. The van der Waals surface area contributed by atoms with Crippen LogP contribution in [0.15, 0.2) is 47.0 Å². The zero-order valence-corrected chi connectivity index (χ0v) is 7.40. The van der Waals surface area contributed by atoms with Gasteiger partial charge in [-0.25, -0.2) is 4.99 Å². The van der Waals surface area contributed by atoms with Crippen LogP contribution in [-0.4, -0.2) is 11.6 Å². The maximum atomic E-state index is 11.1. The Morgan fingerprint density at radius 2 is 1.93 bits per heavy atom. The minimum absolute atomic E-state index is 0.172. The maximum absolute atomic E-state index is 11.1. The maximum Gasteiger partial charge on any atom is 0.270 e. The van der Waals surface area contributed by atoms with Crippen LogP contribution in [0.3, 0.4) is 0 Å². The van der Waals surface area contributed by atoms with Crippen LogP contribution in [-0.2, 0) is 4.79 Å². The Labute approximate surface area is 81.3 Å². The molecular formula is C12H7NO. The summed E-state index contributed by atoms with van der Waals surface area (Å²) in [6.07, 6.45) is 5.38. The number of benzene rings is 1. The molecule has 0 radical (unpaired) electrons. The van der Waals surface area contributed by atoms with Gasteiger partial charge in [0.15, 0.2) is 0 Å². The lowest BCUT2D eigenvalue weighted by Crippen LogP contribution is -2.07. The summed E-state index contributed by atoms with van der Waals surface area (Å²) in [5.41, 5.74) is 4.04. The van der Waals surface area contributed by atoms with Crippen LogP contribution in [0, 0.1) is 0 Å². The molecule has 14 heavy (non-hydrogen) atoms. The fourth-order valence-electron chi connectivity index (χ4n) is 1.79. The van der Waals surface area contributed by atoms with Crippen molar-refractivity contribution in [1.82, 2.24) is 0 Å². The summed E-state index contributed by atoms with van der Waals surface area (Å²) in [5, 5.41) is 0. The Balaban J connectivity index is 2.27. The van der Waals surface area contributed by atoms with E-state index in [1.165, 1.54) is 6.08 Å². The summed E-state index contributed by atoms with van der Waals surface area (Å²) >= 11 is 0. The second-order valence-electron chi connectivity index (χ2n) is 3.32. The van der Waals surface area contributed by atoms with E-state index in [9.17, 15) is 4.79 Å². The number of carbonyl (C=O) groups is 1. The predicted molar refractivity (Wildman–Crippen MR) is 55.1 cm³/mol. The molecule has 66 valence electrons. The summed E-state index contributed by atoms with van der Waals surface area (Å²) in [6.45, 7) is 0. The number of rotatable bonds is 0. The number of carbonyl (C=O) groups excluding carboxylic acids is 1. The third-order valence-electron chi connectivity index (χ3n) is 2.43. The van der Waals surface area contributed by atoms with Crippen molar-refractivity contribution in [3.8, 4) is 0 Å². The van der Waals surface area contributed by atoms with Crippen molar-refractivity contribution in [2.75, 3.05) is 0 Å². The molecule has 2 heteroatoms. The lowest BCUT2D eigenvalue weighted by atomic mass is 10.1. The average Bonchev–Trinajstić information content (AvgIpc) is 2.56. The summed E-state index contributed by atoms with van der Waals surface area (Å²) in [7, 11) is 0. The van der Waals surface area contributed by atoms with Crippen molar-refractivity contribution < 1.29 is 4.79 Å². The van der Waals surface area contributed by atoms with E-state index in [0.29, 0.717) is 0 Å². The summed E-state index contributed by atoms with van der Waals surface area (Å²) < 4.78 is 0. The second kappa shape index (κ2) is 2.51. The van der Waals surface area contributed by atoms with Gasteiger partial charge in [0.2, 0.25) is 0 Å². The molecule has 0 atom stereocenters. The topological polar surface area (TPSA) is 29.4 Å². The SMILES string of the molecule is O=C1C=CC2=Cc3ccccc3C2=N1. The zero-order valence-electron chi connectivity index (χ0n) is 7.40. The van der Waals surface area contributed by atoms with Crippen molar-refractivity contribution in [1.29, 1.82) is 0 Å². The number of allylic oxidation sites excluding steroid dienone is 2. The molecule has 0 spiro atoms. The van der Waals surface area contributed by atoms with Gasteiger partial charge in [-0.05, 0) is 17.7 Å². The third kappa shape index (κ3) is 0.909. The van der Waals surface area contributed by atoms with Gasteiger partial charge in [0, 0.05) is 17.2 Å². The normalized spacial score (nSPS) is 17.3. The van der Waals surface area contributed by atoms with Crippen molar-refractivity contribution in [2.24, 2.45) is 4.99 Å². The molecule has 0 unspecified atom stereocenters. The minimum Gasteiger partial charge on any atom is -0.267 e. The van der Waals surface area contributed by atoms with Crippen molar-refractivity contribution in [2.45, 2.75) is 0 Å². The molecule has 0 aromatic heterocycles. The number of hydrogen-bond donors (Lipinski definition) is 0. The Morgan fingerprint density at radius 1 is 1.07 bits per heavy atom. The van der Waals surface area contributed by atoms with Crippen molar-refractivity contribution >= 4 is 17.7 Å².